The molecule has 1 fully saturated rings. The molecule has 0 aromatic heterocycles. The third-order valence-electron chi connectivity index (χ3n) is 5.72. The van der Waals surface area contributed by atoms with Crippen molar-refractivity contribution in [1.82, 2.24) is 10.2 Å². The Bertz CT molecular complexity index is 878. The van der Waals surface area contributed by atoms with E-state index in [0.717, 1.165) is 5.69 Å². The van der Waals surface area contributed by atoms with Gasteiger partial charge < -0.3 is 31.3 Å². The van der Waals surface area contributed by atoms with E-state index >= 15 is 0 Å². The molecule has 0 spiro atoms. The van der Waals surface area contributed by atoms with Crippen molar-refractivity contribution in [3.63, 3.8) is 0 Å². The summed E-state index contributed by atoms with van der Waals surface area (Å²) in [5.41, 5.74) is 12.4. The minimum atomic E-state index is -0.789. The Morgan fingerprint density at radius 1 is 1.12 bits per heavy atom. The monoisotopic (exact) mass is 461 g/mol. The second-order valence-corrected chi connectivity index (χ2v) is 10.3. The van der Waals surface area contributed by atoms with E-state index in [0.29, 0.717) is 25.3 Å². The summed E-state index contributed by atoms with van der Waals surface area (Å²) in [6.45, 7) is 15.0. The number of carbonyl (C=O) groups is 3. The number of nitrogens with two attached hydrogens (primary N) is 2. The summed E-state index contributed by atoms with van der Waals surface area (Å²) in [5, 5.41) is 2.69. The van der Waals surface area contributed by atoms with Crippen molar-refractivity contribution in [1.29, 1.82) is 0 Å². The van der Waals surface area contributed by atoms with Gasteiger partial charge in [-0.1, -0.05) is 27.7 Å². The molecule has 1 heterocycles. The van der Waals surface area contributed by atoms with Gasteiger partial charge in [-0.2, -0.15) is 0 Å². The summed E-state index contributed by atoms with van der Waals surface area (Å²) >= 11 is 0. The molecule has 2 rings (SSSR count). The first-order chi connectivity index (χ1) is 15.2. The molecule has 0 aliphatic carbocycles. The highest BCUT2D eigenvalue weighted by atomic mass is 16.6. The first-order valence-corrected chi connectivity index (χ1v) is 11.5. The number of hydrogen-bond donors (Lipinski definition) is 3. The summed E-state index contributed by atoms with van der Waals surface area (Å²) in [4.78, 5) is 41.3. The molecule has 0 saturated carbocycles. The smallest absolute Gasteiger partial charge is 0.410 e. The summed E-state index contributed by atoms with van der Waals surface area (Å²) in [6.07, 6.45) is -0.315. The standard InChI is InChI=1S/C24H39N5O4/c1-14(2)19-13-28(10-11-29(19)23(32)33-24(5,6)7)16-8-9-18(25)17(12-16)22(31)27-20(15(3)4)21(26)30/h8-9,12,14-15,19-20H,10-11,13,25H2,1-7H3,(H2,26,30)(H,27,31)/t19-,20?/m1/s1. The topological polar surface area (TPSA) is 131 Å². The molecule has 3 amide bonds. The van der Waals surface area contributed by atoms with E-state index in [-0.39, 0.29) is 29.5 Å². The van der Waals surface area contributed by atoms with Crippen LogP contribution in [0, 0.1) is 11.8 Å². The van der Waals surface area contributed by atoms with Crippen LogP contribution in [0.25, 0.3) is 0 Å². The van der Waals surface area contributed by atoms with Gasteiger partial charge in [0.05, 0.1) is 11.6 Å². The zero-order chi connectivity index (χ0) is 25.1. The fraction of sp³-hybridized carbons (Fsp3) is 0.625. The number of benzene rings is 1. The largest absolute Gasteiger partial charge is 0.444 e. The van der Waals surface area contributed by atoms with Crippen LogP contribution < -0.4 is 21.7 Å². The van der Waals surface area contributed by atoms with E-state index in [4.69, 9.17) is 16.2 Å². The molecule has 1 aromatic rings. The fourth-order valence-electron chi connectivity index (χ4n) is 3.89. The van der Waals surface area contributed by atoms with Crippen molar-refractivity contribution in [2.45, 2.75) is 66.2 Å². The molecule has 2 atom stereocenters. The maximum absolute atomic E-state index is 12.9. The quantitative estimate of drug-likeness (QED) is 0.558. The number of nitrogens with zero attached hydrogens (tertiary/aromatic N) is 2. The molecule has 9 heteroatoms. The van der Waals surface area contributed by atoms with E-state index in [9.17, 15) is 14.4 Å². The van der Waals surface area contributed by atoms with Gasteiger partial charge in [-0.15, -0.1) is 0 Å². The number of ether oxygens (including phenoxy) is 1. The number of rotatable bonds is 6. The van der Waals surface area contributed by atoms with Crippen LogP contribution in [0.3, 0.4) is 0 Å². The Hall–Kier alpha value is -2.97. The number of anilines is 2. The van der Waals surface area contributed by atoms with Crippen LogP contribution in [0.2, 0.25) is 0 Å². The molecule has 1 aliphatic rings. The molecule has 0 radical (unpaired) electrons. The average molecular weight is 462 g/mol. The molecular weight excluding hydrogens is 422 g/mol. The molecule has 5 N–H and O–H groups in total. The first-order valence-electron chi connectivity index (χ1n) is 11.5. The number of nitrogen functional groups attached to an aromatic ring is 1. The van der Waals surface area contributed by atoms with Crippen molar-refractivity contribution in [3.8, 4) is 0 Å². The van der Waals surface area contributed by atoms with Crippen LogP contribution in [-0.2, 0) is 9.53 Å². The predicted octanol–water partition coefficient (Wildman–Crippen LogP) is 2.59. The minimum absolute atomic E-state index is 0.0522. The van der Waals surface area contributed by atoms with E-state index in [1.54, 1.807) is 17.0 Å². The van der Waals surface area contributed by atoms with Crippen molar-refractivity contribution >= 4 is 29.3 Å². The second-order valence-electron chi connectivity index (χ2n) is 10.3. The van der Waals surface area contributed by atoms with Crippen LogP contribution >= 0.6 is 0 Å². The zero-order valence-corrected chi connectivity index (χ0v) is 20.8. The summed E-state index contributed by atoms with van der Waals surface area (Å²) in [5.74, 6) is -0.978. The van der Waals surface area contributed by atoms with Gasteiger partial charge in [0, 0.05) is 31.0 Å². The van der Waals surface area contributed by atoms with Gasteiger partial charge in [-0.05, 0) is 50.8 Å². The van der Waals surface area contributed by atoms with E-state index in [2.05, 4.69) is 24.1 Å². The lowest BCUT2D eigenvalue weighted by Crippen LogP contribution is -2.58. The normalized spacial score (nSPS) is 17.8. The van der Waals surface area contributed by atoms with Crippen molar-refractivity contribution < 1.29 is 19.1 Å². The fourth-order valence-corrected chi connectivity index (χ4v) is 3.89. The molecule has 33 heavy (non-hydrogen) atoms. The van der Waals surface area contributed by atoms with Gasteiger partial charge in [0.15, 0.2) is 0 Å². The summed E-state index contributed by atoms with van der Waals surface area (Å²) in [6, 6.07) is 4.43. The Morgan fingerprint density at radius 3 is 2.27 bits per heavy atom. The Morgan fingerprint density at radius 2 is 1.76 bits per heavy atom. The molecule has 1 aromatic carbocycles. The summed E-state index contributed by atoms with van der Waals surface area (Å²) < 4.78 is 5.60. The van der Waals surface area contributed by atoms with Gasteiger partial charge in [0.2, 0.25) is 5.91 Å². The highest BCUT2D eigenvalue weighted by Crippen LogP contribution is 2.27. The molecule has 1 aliphatic heterocycles. The van der Waals surface area contributed by atoms with Crippen molar-refractivity contribution in [3.05, 3.63) is 23.8 Å². The number of amides is 3. The van der Waals surface area contributed by atoms with Crippen LogP contribution in [0.5, 0.6) is 0 Å². The van der Waals surface area contributed by atoms with Crippen molar-refractivity contribution in [2.75, 3.05) is 30.3 Å². The van der Waals surface area contributed by atoms with E-state index in [1.165, 1.54) is 0 Å². The third-order valence-corrected chi connectivity index (χ3v) is 5.72. The van der Waals surface area contributed by atoms with Gasteiger partial charge in [-0.25, -0.2) is 4.79 Å². The maximum Gasteiger partial charge on any atom is 0.410 e. The third kappa shape index (κ3) is 6.76. The lowest BCUT2D eigenvalue weighted by molar-refractivity contribution is -0.120. The number of nitrogens with one attached hydrogen (secondary N) is 1. The van der Waals surface area contributed by atoms with Gasteiger partial charge in [-0.3, -0.25) is 9.59 Å². The maximum atomic E-state index is 12.9. The molecule has 1 unspecified atom stereocenters. The second kappa shape index (κ2) is 10.3. The predicted molar refractivity (Wildman–Crippen MR) is 130 cm³/mol. The number of primary amides is 1. The van der Waals surface area contributed by atoms with Gasteiger partial charge in [0.25, 0.3) is 5.91 Å². The highest BCUT2D eigenvalue weighted by Gasteiger charge is 2.35. The SMILES string of the molecule is CC(C)C(NC(=O)c1cc(N2CCN(C(=O)OC(C)(C)C)[C@@H](C(C)C)C2)ccc1N)C(N)=O. The molecule has 9 nitrogen and oxygen atoms in total. The Balaban J connectivity index is 2.24. The average Bonchev–Trinajstić information content (AvgIpc) is 2.69. The zero-order valence-electron chi connectivity index (χ0n) is 20.8. The van der Waals surface area contributed by atoms with Crippen molar-refractivity contribution in [2.24, 2.45) is 17.6 Å². The minimum Gasteiger partial charge on any atom is -0.444 e. The molecule has 1 saturated heterocycles. The van der Waals surface area contributed by atoms with Crippen LogP contribution in [0.15, 0.2) is 18.2 Å². The number of hydrogen-bond acceptors (Lipinski definition) is 6. The van der Waals surface area contributed by atoms with Gasteiger partial charge >= 0.3 is 6.09 Å². The van der Waals surface area contributed by atoms with E-state index < -0.39 is 23.5 Å². The Labute approximate surface area is 196 Å². The van der Waals surface area contributed by atoms with Gasteiger partial charge in [0.1, 0.15) is 11.6 Å². The highest BCUT2D eigenvalue weighted by molar-refractivity contribution is 6.02. The molecule has 184 valence electrons. The number of carbonyl (C=O) groups excluding carboxylic acids is 3. The summed E-state index contributed by atoms with van der Waals surface area (Å²) in [7, 11) is 0. The number of piperazine rings is 1. The lowest BCUT2D eigenvalue weighted by Gasteiger charge is -2.44. The van der Waals surface area contributed by atoms with E-state index in [1.807, 2.05) is 40.7 Å². The molecular formula is C24H39N5O4. The van der Waals surface area contributed by atoms with Crippen LogP contribution in [0.4, 0.5) is 16.2 Å². The lowest BCUT2D eigenvalue weighted by atomic mass is 9.99. The Kier molecular flexibility index (Phi) is 8.21. The van der Waals surface area contributed by atoms with Crippen LogP contribution in [-0.4, -0.2) is 60.1 Å². The first kappa shape index (κ1) is 26.3. The molecule has 0 bridgehead atoms. The van der Waals surface area contributed by atoms with Crippen LogP contribution in [0.1, 0.15) is 58.8 Å².